The van der Waals surface area contributed by atoms with Gasteiger partial charge in [-0.05, 0) is 26.0 Å². The van der Waals surface area contributed by atoms with E-state index >= 15 is 0 Å². The molecule has 0 radical (unpaired) electrons. The highest BCUT2D eigenvalue weighted by Crippen LogP contribution is 2.20. The summed E-state index contributed by atoms with van der Waals surface area (Å²) in [5, 5.41) is 10.5. The van der Waals surface area contributed by atoms with Crippen molar-refractivity contribution in [2.45, 2.75) is 18.7 Å². The van der Waals surface area contributed by atoms with E-state index < -0.39 is 21.0 Å². The molecule has 110 valence electrons. The van der Waals surface area contributed by atoms with Gasteiger partial charge in [0.1, 0.15) is 0 Å². The summed E-state index contributed by atoms with van der Waals surface area (Å²) < 4.78 is 29.7. The lowest BCUT2D eigenvalue weighted by Crippen LogP contribution is -2.37. The van der Waals surface area contributed by atoms with Gasteiger partial charge >= 0.3 is 6.09 Å². The molecule has 8 nitrogen and oxygen atoms in total. The number of nitro benzene ring substituents is 1. The molecule has 1 aromatic rings. The van der Waals surface area contributed by atoms with Gasteiger partial charge in [-0.25, -0.2) is 17.5 Å². The van der Waals surface area contributed by atoms with Gasteiger partial charge in [0, 0.05) is 18.7 Å². The largest absolute Gasteiger partial charge is 0.449 e. The van der Waals surface area contributed by atoms with Crippen LogP contribution in [0.2, 0.25) is 0 Å². The highest BCUT2D eigenvalue weighted by molar-refractivity contribution is 7.89. The molecule has 1 rings (SSSR count). The number of carbonyl (C=O) groups excluding carboxylic acids is 1. The van der Waals surface area contributed by atoms with Crippen LogP contribution < -0.4 is 0 Å². The summed E-state index contributed by atoms with van der Waals surface area (Å²) in [5.74, 6) is 0. The molecule has 0 aliphatic heterocycles. The van der Waals surface area contributed by atoms with Gasteiger partial charge in [-0.3, -0.25) is 10.1 Å². The van der Waals surface area contributed by atoms with E-state index in [1.54, 1.807) is 6.92 Å². The molecule has 0 saturated heterocycles. The first-order chi connectivity index (χ1) is 9.34. The topological polar surface area (TPSA) is 107 Å². The van der Waals surface area contributed by atoms with Crippen LogP contribution in [0.4, 0.5) is 10.5 Å². The highest BCUT2D eigenvalue weighted by Gasteiger charge is 2.29. The summed E-state index contributed by atoms with van der Waals surface area (Å²) in [6, 6.07) is 4.28. The molecular formula is C11H14N2O6S. The molecule has 0 N–H and O–H groups in total. The number of rotatable bonds is 5. The predicted octanol–water partition coefficient (Wildman–Crippen LogP) is 1.76. The van der Waals surface area contributed by atoms with Crippen molar-refractivity contribution in [3.8, 4) is 0 Å². The van der Waals surface area contributed by atoms with E-state index in [2.05, 4.69) is 4.74 Å². The third-order valence-corrected chi connectivity index (χ3v) is 4.25. The van der Waals surface area contributed by atoms with Gasteiger partial charge in [-0.1, -0.05) is 0 Å². The molecule has 0 saturated carbocycles. The van der Waals surface area contributed by atoms with Gasteiger partial charge in [-0.15, -0.1) is 0 Å². The van der Waals surface area contributed by atoms with Gasteiger partial charge < -0.3 is 4.74 Å². The van der Waals surface area contributed by atoms with Gasteiger partial charge in [-0.2, -0.15) is 0 Å². The highest BCUT2D eigenvalue weighted by atomic mass is 32.2. The molecule has 0 aliphatic rings. The third kappa shape index (κ3) is 3.23. The molecule has 0 unspecified atom stereocenters. The number of hydrogen-bond donors (Lipinski definition) is 0. The zero-order valence-electron chi connectivity index (χ0n) is 11.0. The second-order valence-electron chi connectivity index (χ2n) is 3.62. The molecule has 9 heteroatoms. The number of hydrogen-bond acceptors (Lipinski definition) is 6. The van der Waals surface area contributed by atoms with Crippen molar-refractivity contribution in [2.24, 2.45) is 0 Å². The molecule has 0 spiro atoms. The van der Waals surface area contributed by atoms with E-state index in [0.717, 1.165) is 24.3 Å². The Hall–Kier alpha value is -2.16. The van der Waals surface area contributed by atoms with E-state index in [0.29, 0.717) is 4.31 Å². The van der Waals surface area contributed by atoms with Crippen molar-refractivity contribution < 1.29 is 22.9 Å². The number of sulfonamides is 1. The zero-order chi connectivity index (χ0) is 15.3. The normalized spacial score (nSPS) is 10.9. The summed E-state index contributed by atoms with van der Waals surface area (Å²) in [6.45, 7) is 2.99. The Morgan fingerprint density at radius 2 is 1.85 bits per heavy atom. The van der Waals surface area contributed by atoms with Crippen molar-refractivity contribution >= 4 is 21.8 Å². The minimum atomic E-state index is -4.08. The Kier molecular flexibility index (Phi) is 5.03. The van der Waals surface area contributed by atoms with Gasteiger partial charge in [0.15, 0.2) is 0 Å². The summed E-state index contributed by atoms with van der Waals surface area (Å²) in [4.78, 5) is 21.3. The Morgan fingerprint density at radius 1 is 1.30 bits per heavy atom. The van der Waals surface area contributed by atoms with Crippen LogP contribution in [0.5, 0.6) is 0 Å². The number of nitro groups is 1. The average molecular weight is 302 g/mol. The Labute approximate surface area is 116 Å². The molecule has 0 atom stereocenters. The molecule has 0 bridgehead atoms. The summed E-state index contributed by atoms with van der Waals surface area (Å²) >= 11 is 0. The first-order valence-electron chi connectivity index (χ1n) is 5.78. The van der Waals surface area contributed by atoms with E-state index in [-0.39, 0.29) is 23.7 Å². The monoisotopic (exact) mass is 302 g/mol. The van der Waals surface area contributed by atoms with Crippen molar-refractivity contribution in [2.75, 3.05) is 13.2 Å². The van der Waals surface area contributed by atoms with Crippen LogP contribution in [-0.4, -0.2) is 36.9 Å². The lowest BCUT2D eigenvalue weighted by atomic mass is 10.3. The summed E-state index contributed by atoms with van der Waals surface area (Å²) in [5.41, 5.74) is -0.233. The van der Waals surface area contributed by atoms with Crippen molar-refractivity contribution in [3.63, 3.8) is 0 Å². The van der Waals surface area contributed by atoms with Crippen molar-refractivity contribution in [1.82, 2.24) is 4.31 Å². The van der Waals surface area contributed by atoms with Crippen LogP contribution in [0.1, 0.15) is 13.8 Å². The van der Waals surface area contributed by atoms with E-state index in [9.17, 15) is 23.3 Å². The number of amides is 1. The Balaban J connectivity index is 3.14. The Bertz CT molecular complexity index is 596. The minimum Gasteiger partial charge on any atom is -0.449 e. The second kappa shape index (κ2) is 6.33. The predicted molar refractivity (Wildman–Crippen MR) is 69.7 cm³/mol. The fourth-order valence-electron chi connectivity index (χ4n) is 1.46. The number of nitrogens with zero attached hydrogens (tertiary/aromatic N) is 2. The van der Waals surface area contributed by atoms with Crippen LogP contribution >= 0.6 is 0 Å². The lowest BCUT2D eigenvalue weighted by molar-refractivity contribution is -0.384. The first-order valence-corrected chi connectivity index (χ1v) is 7.22. The Morgan fingerprint density at radius 3 is 2.25 bits per heavy atom. The van der Waals surface area contributed by atoms with Gasteiger partial charge in [0.05, 0.1) is 16.4 Å². The fourth-order valence-corrected chi connectivity index (χ4v) is 2.78. The molecule has 0 aromatic heterocycles. The van der Waals surface area contributed by atoms with Crippen LogP contribution in [0.25, 0.3) is 0 Å². The quantitative estimate of drug-likeness (QED) is 0.606. The zero-order valence-corrected chi connectivity index (χ0v) is 11.8. The smallest absolute Gasteiger partial charge is 0.423 e. The van der Waals surface area contributed by atoms with Crippen LogP contribution in [0.3, 0.4) is 0 Å². The van der Waals surface area contributed by atoms with Crippen LogP contribution in [-0.2, 0) is 14.8 Å². The maximum absolute atomic E-state index is 12.2. The first kappa shape index (κ1) is 15.9. The molecular weight excluding hydrogens is 288 g/mol. The van der Waals surface area contributed by atoms with Crippen molar-refractivity contribution in [1.29, 1.82) is 0 Å². The molecule has 0 aliphatic carbocycles. The standard InChI is InChI=1S/C11H14N2O6S/c1-3-12(11(14)19-4-2)20(17,18)10-7-5-9(6-8-10)13(15)16/h5-8H,3-4H2,1-2H3. The second-order valence-corrected chi connectivity index (χ2v) is 5.48. The lowest BCUT2D eigenvalue weighted by Gasteiger charge is -2.19. The van der Waals surface area contributed by atoms with Gasteiger partial charge in [0.25, 0.3) is 15.7 Å². The SMILES string of the molecule is CCOC(=O)N(CC)S(=O)(=O)c1ccc([N+](=O)[O-])cc1. The van der Waals surface area contributed by atoms with E-state index in [1.165, 1.54) is 6.92 Å². The van der Waals surface area contributed by atoms with Gasteiger partial charge in [0.2, 0.25) is 0 Å². The average Bonchev–Trinajstić information content (AvgIpc) is 2.39. The maximum Gasteiger partial charge on any atom is 0.423 e. The maximum atomic E-state index is 12.2. The van der Waals surface area contributed by atoms with Crippen molar-refractivity contribution in [3.05, 3.63) is 34.4 Å². The summed E-state index contributed by atoms with van der Waals surface area (Å²) in [7, 11) is -4.08. The molecule has 1 aromatic carbocycles. The molecule has 0 heterocycles. The van der Waals surface area contributed by atoms with E-state index in [1.807, 2.05) is 0 Å². The summed E-state index contributed by atoms with van der Waals surface area (Å²) in [6.07, 6.45) is -0.978. The number of carbonyl (C=O) groups is 1. The fraction of sp³-hybridized carbons (Fsp3) is 0.364. The number of benzene rings is 1. The molecule has 0 fully saturated rings. The molecule has 20 heavy (non-hydrogen) atoms. The number of ether oxygens (including phenoxy) is 1. The number of non-ortho nitro benzene ring substituents is 1. The van der Waals surface area contributed by atoms with E-state index in [4.69, 9.17) is 0 Å². The third-order valence-electron chi connectivity index (χ3n) is 2.39. The minimum absolute atomic E-state index is 0.0467. The van der Waals surface area contributed by atoms with Crippen LogP contribution in [0.15, 0.2) is 29.2 Å². The van der Waals surface area contributed by atoms with Crippen LogP contribution in [0, 0.1) is 10.1 Å². The molecule has 1 amide bonds.